The molecular weight excluding hydrogens is 276 g/mol. The van der Waals surface area contributed by atoms with Crippen molar-refractivity contribution in [2.75, 3.05) is 0 Å². The van der Waals surface area contributed by atoms with Gasteiger partial charge in [0.1, 0.15) is 11.1 Å². The van der Waals surface area contributed by atoms with E-state index in [1.807, 2.05) is 67.7 Å². The number of rotatable bonds is 1. The van der Waals surface area contributed by atoms with Crippen LogP contribution < -0.4 is 5.56 Å². The van der Waals surface area contributed by atoms with Gasteiger partial charge in [0.25, 0.3) is 5.56 Å². The van der Waals surface area contributed by atoms with Gasteiger partial charge in [0, 0.05) is 12.4 Å². The van der Waals surface area contributed by atoms with Crippen LogP contribution in [0.5, 0.6) is 5.75 Å². The molecule has 0 aliphatic carbocycles. The van der Waals surface area contributed by atoms with Gasteiger partial charge >= 0.3 is 0 Å². The summed E-state index contributed by atoms with van der Waals surface area (Å²) in [5.41, 5.74) is 1.27. The third kappa shape index (κ3) is 1.61. The Kier molecular flexibility index (Phi) is 2.60. The van der Waals surface area contributed by atoms with Crippen LogP contribution in [0.1, 0.15) is 0 Å². The number of phenols is 1. The van der Waals surface area contributed by atoms with Gasteiger partial charge in [-0.1, -0.05) is 42.5 Å². The number of benzene rings is 3. The Bertz CT molecular complexity index is 1060. The second kappa shape index (κ2) is 4.49. The molecule has 0 aliphatic rings. The van der Waals surface area contributed by atoms with E-state index in [-0.39, 0.29) is 11.3 Å². The predicted octanol–water partition coefficient (Wildman–Crippen LogP) is 3.19. The number of para-hydroxylation sites is 1. The van der Waals surface area contributed by atoms with Crippen LogP contribution in [0.3, 0.4) is 0 Å². The highest BCUT2D eigenvalue weighted by molar-refractivity contribution is 6.03. The van der Waals surface area contributed by atoms with Crippen LogP contribution >= 0.6 is 0 Å². The Morgan fingerprint density at radius 2 is 1.64 bits per heavy atom. The highest BCUT2D eigenvalue weighted by Gasteiger charge is 2.17. The number of aromatic hydroxyl groups is 1. The zero-order valence-electron chi connectivity index (χ0n) is 12.0. The summed E-state index contributed by atoms with van der Waals surface area (Å²) in [6.45, 7) is 0. The third-order valence-electron chi connectivity index (χ3n) is 4.06. The first kappa shape index (κ1) is 12.7. The molecular formula is C18H14N2O2. The molecule has 4 nitrogen and oxygen atoms in total. The summed E-state index contributed by atoms with van der Waals surface area (Å²) in [6, 6.07) is 18.9. The maximum atomic E-state index is 12.8. The molecule has 0 saturated carbocycles. The predicted molar refractivity (Wildman–Crippen MR) is 87.7 cm³/mol. The molecule has 4 heteroatoms. The van der Waals surface area contributed by atoms with Crippen LogP contribution in [0.4, 0.5) is 0 Å². The highest BCUT2D eigenvalue weighted by Crippen LogP contribution is 2.32. The maximum absolute atomic E-state index is 12.8. The summed E-state index contributed by atoms with van der Waals surface area (Å²) >= 11 is 0. The fourth-order valence-electron chi connectivity index (χ4n) is 2.99. The largest absolute Gasteiger partial charge is 0.506 e. The Morgan fingerprint density at radius 1 is 0.955 bits per heavy atom. The van der Waals surface area contributed by atoms with Crippen LogP contribution in [0, 0.1) is 0 Å². The van der Waals surface area contributed by atoms with E-state index in [4.69, 9.17) is 0 Å². The number of aryl methyl sites for hydroxylation is 1. The third-order valence-corrected chi connectivity index (χ3v) is 4.06. The number of hydrogen-bond acceptors (Lipinski definition) is 2. The summed E-state index contributed by atoms with van der Waals surface area (Å²) in [7, 11) is 1.82. The lowest BCUT2D eigenvalue weighted by atomic mass is 10.1. The van der Waals surface area contributed by atoms with E-state index >= 15 is 0 Å². The highest BCUT2D eigenvalue weighted by atomic mass is 16.3. The minimum atomic E-state index is -0.216. The lowest BCUT2D eigenvalue weighted by Gasteiger charge is -2.07. The van der Waals surface area contributed by atoms with Crippen molar-refractivity contribution in [3.63, 3.8) is 0 Å². The van der Waals surface area contributed by atoms with Crippen molar-refractivity contribution < 1.29 is 5.11 Å². The van der Waals surface area contributed by atoms with Crippen molar-refractivity contribution in [1.29, 1.82) is 0 Å². The number of fused-ring (bicyclic) bond motifs is 2. The van der Waals surface area contributed by atoms with Gasteiger partial charge in [0.2, 0.25) is 0 Å². The average Bonchev–Trinajstić information content (AvgIpc) is 2.80. The molecule has 0 fully saturated rings. The van der Waals surface area contributed by atoms with Crippen molar-refractivity contribution in [2.45, 2.75) is 0 Å². The van der Waals surface area contributed by atoms with E-state index in [0.29, 0.717) is 16.3 Å². The van der Waals surface area contributed by atoms with Crippen LogP contribution in [-0.2, 0) is 7.05 Å². The lowest BCUT2D eigenvalue weighted by Crippen LogP contribution is -2.19. The quantitative estimate of drug-likeness (QED) is 0.585. The molecule has 4 rings (SSSR count). The van der Waals surface area contributed by atoms with Gasteiger partial charge in [-0.2, -0.15) is 0 Å². The SMILES string of the molecule is Cn1c2cc3ccccc3c(O)c2c(=O)n1-c1ccccc1. The minimum absolute atomic E-state index is 0.0448. The summed E-state index contributed by atoms with van der Waals surface area (Å²) in [5, 5.41) is 12.5. The molecule has 0 spiro atoms. The Morgan fingerprint density at radius 3 is 2.41 bits per heavy atom. The van der Waals surface area contributed by atoms with Gasteiger partial charge in [0.15, 0.2) is 0 Å². The molecule has 1 heterocycles. The molecule has 0 bridgehead atoms. The van der Waals surface area contributed by atoms with Crippen LogP contribution in [0.25, 0.3) is 27.4 Å². The molecule has 1 aromatic heterocycles. The summed E-state index contributed by atoms with van der Waals surface area (Å²) < 4.78 is 3.35. The topological polar surface area (TPSA) is 47.2 Å². The first-order valence-corrected chi connectivity index (χ1v) is 7.06. The zero-order valence-corrected chi connectivity index (χ0v) is 12.0. The molecule has 0 amide bonds. The Balaban J connectivity index is 2.20. The van der Waals surface area contributed by atoms with Crippen LogP contribution in [0.15, 0.2) is 65.5 Å². The molecule has 3 aromatic carbocycles. The summed E-state index contributed by atoms with van der Waals surface area (Å²) in [5.74, 6) is 0.0448. The first-order valence-electron chi connectivity index (χ1n) is 7.06. The monoisotopic (exact) mass is 290 g/mol. The lowest BCUT2D eigenvalue weighted by molar-refractivity contribution is 0.487. The van der Waals surface area contributed by atoms with Gasteiger partial charge < -0.3 is 5.11 Å². The fraction of sp³-hybridized carbons (Fsp3) is 0.0556. The first-order chi connectivity index (χ1) is 10.7. The van der Waals surface area contributed by atoms with Crippen molar-refractivity contribution in [3.05, 3.63) is 71.0 Å². The van der Waals surface area contributed by atoms with E-state index in [1.54, 1.807) is 9.36 Å². The van der Waals surface area contributed by atoms with Crippen LogP contribution in [0.2, 0.25) is 0 Å². The van der Waals surface area contributed by atoms with Crippen molar-refractivity contribution >= 4 is 21.7 Å². The van der Waals surface area contributed by atoms with E-state index in [9.17, 15) is 9.90 Å². The average molecular weight is 290 g/mol. The van der Waals surface area contributed by atoms with E-state index in [2.05, 4.69) is 0 Å². The molecule has 0 radical (unpaired) electrons. The molecule has 1 N–H and O–H groups in total. The molecule has 4 aromatic rings. The van der Waals surface area contributed by atoms with Gasteiger partial charge in [-0.15, -0.1) is 0 Å². The molecule has 0 unspecified atom stereocenters. The standard InChI is InChI=1S/C18H14N2O2/c1-19-15-11-12-7-5-6-10-14(12)17(21)16(15)18(22)20(19)13-8-3-2-4-9-13/h2-11,21H,1H3. The second-order valence-corrected chi connectivity index (χ2v) is 5.32. The van der Waals surface area contributed by atoms with E-state index < -0.39 is 0 Å². The van der Waals surface area contributed by atoms with Gasteiger partial charge in [-0.3, -0.25) is 9.48 Å². The van der Waals surface area contributed by atoms with Crippen LogP contribution in [-0.4, -0.2) is 14.5 Å². The normalized spacial score (nSPS) is 11.3. The van der Waals surface area contributed by atoms with Crippen molar-refractivity contribution in [3.8, 4) is 11.4 Å². The van der Waals surface area contributed by atoms with Crippen molar-refractivity contribution in [1.82, 2.24) is 9.36 Å². The van der Waals surface area contributed by atoms with Gasteiger partial charge in [-0.05, 0) is 23.6 Å². The molecule has 22 heavy (non-hydrogen) atoms. The number of nitrogens with zero attached hydrogens (tertiary/aromatic N) is 2. The molecule has 108 valence electrons. The fourth-order valence-corrected chi connectivity index (χ4v) is 2.99. The minimum Gasteiger partial charge on any atom is -0.506 e. The Hall–Kier alpha value is -3.01. The smallest absolute Gasteiger partial charge is 0.283 e. The Labute approximate surface area is 126 Å². The van der Waals surface area contributed by atoms with Gasteiger partial charge in [-0.25, -0.2) is 4.68 Å². The molecule has 0 aliphatic heterocycles. The van der Waals surface area contributed by atoms with Crippen molar-refractivity contribution in [2.24, 2.45) is 7.05 Å². The number of aromatic nitrogens is 2. The maximum Gasteiger partial charge on any atom is 0.283 e. The molecule has 0 saturated heterocycles. The van der Waals surface area contributed by atoms with Gasteiger partial charge in [0.05, 0.1) is 11.2 Å². The summed E-state index contributed by atoms with van der Waals surface area (Å²) in [6.07, 6.45) is 0. The number of phenolic OH excluding ortho intramolecular Hbond substituents is 1. The van der Waals surface area contributed by atoms with E-state index in [0.717, 1.165) is 11.1 Å². The number of hydrogen-bond donors (Lipinski definition) is 1. The second-order valence-electron chi connectivity index (χ2n) is 5.32. The zero-order chi connectivity index (χ0) is 15.3. The summed E-state index contributed by atoms with van der Waals surface area (Å²) in [4.78, 5) is 12.8. The van der Waals surface area contributed by atoms with E-state index in [1.165, 1.54) is 0 Å². The molecule has 0 atom stereocenters.